The molecule has 3 rings (SSSR count). The van der Waals surface area contributed by atoms with Gasteiger partial charge >= 0.3 is 5.97 Å². The lowest BCUT2D eigenvalue weighted by molar-refractivity contribution is -0.154. The van der Waals surface area contributed by atoms with E-state index in [4.69, 9.17) is 4.74 Å². The predicted octanol–water partition coefficient (Wildman–Crippen LogP) is 3.99. The van der Waals surface area contributed by atoms with Gasteiger partial charge in [0.1, 0.15) is 6.10 Å². The van der Waals surface area contributed by atoms with Gasteiger partial charge in [0.05, 0.1) is 5.92 Å². The van der Waals surface area contributed by atoms with E-state index in [1.165, 1.54) is 19.3 Å². The van der Waals surface area contributed by atoms with Gasteiger partial charge in [-0.3, -0.25) is 4.79 Å². The van der Waals surface area contributed by atoms with Gasteiger partial charge in [-0.05, 0) is 44.2 Å². The summed E-state index contributed by atoms with van der Waals surface area (Å²) in [5.74, 6) is 0.388. The third-order valence-electron chi connectivity index (χ3n) is 5.48. The summed E-state index contributed by atoms with van der Waals surface area (Å²) in [6.45, 7) is 2.05. The Morgan fingerprint density at radius 1 is 1.04 bits per heavy atom. The van der Waals surface area contributed by atoms with Gasteiger partial charge < -0.3 is 9.64 Å². The minimum Gasteiger partial charge on any atom is -0.462 e. The van der Waals surface area contributed by atoms with Gasteiger partial charge in [-0.15, -0.1) is 0 Å². The van der Waals surface area contributed by atoms with Gasteiger partial charge in [0, 0.05) is 13.1 Å². The van der Waals surface area contributed by atoms with Gasteiger partial charge in [-0.2, -0.15) is 0 Å². The average Bonchev–Trinajstić information content (AvgIpc) is 2.59. The molecule has 1 saturated carbocycles. The van der Waals surface area contributed by atoms with Crippen molar-refractivity contribution in [2.24, 2.45) is 5.92 Å². The molecule has 0 amide bonds. The highest BCUT2D eigenvalue weighted by atomic mass is 16.5. The Morgan fingerprint density at radius 2 is 1.70 bits per heavy atom. The molecule has 1 aliphatic heterocycles. The zero-order valence-electron chi connectivity index (χ0n) is 14.2. The van der Waals surface area contributed by atoms with Crippen molar-refractivity contribution in [3.8, 4) is 0 Å². The van der Waals surface area contributed by atoms with E-state index in [9.17, 15) is 4.79 Å². The van der Waals surface area contributed by atoms with Crippen LogP contribution in [0.2, 0.25) is 0 Å². The molecule has 0 unspecified atom stereocenters. The van der Waals surface area contributed by atoms with Crippen LogP contribution in [0.4, 0.5) is 0 Å². The largest absolute Gasteiger partial charge is 0.462 e. The maximum atomic E-state index is 13.0. The van der Waals surface area contributed by atoms with Crippen LogP contribution < -0.4 is 0 Å². The van der Waals surface area contributed by atoms with Crippen LogP contribution in [0, 0.1) is 5.92 Å². The molecule has 3 heteroatoms. The van der Waals surface area contributed by atoms with Crippen LogP contribution in [0.3, 0.4) is 0 Å². The van der Waals surface area contributed by atoms with Crippen molar-refractivity contribution in [3.63, 3.8) is 0 Å². The second kappa shape index (κ2) is 7.96. The number of nitrogens with zero attached hydrogens (tertiary/aromatic N) is 1. The third-order valence-corrected chi connectivity index (χ3v) is 5.48. The quantitative estimate of drug-likeness (QED) is 0.787. The molecule has 1 aromatic rings. The molecule has 0 bridgehead atoms. The normalized spacial score (nSPS) is 22.7. The summed E-state index contributed by atoms with van der Waals surface area (Å²) in [5, 5.41) is 0. The Labute approximate surface area is 140 Å². The molecule has 0 N–H and O–H groups in total. The van der Waals surface area contributed by atoms with E-state index >= 15 is 0 Å². The minimum absolute atomic E-state index is 0.0117. The molecule has 1 aromatic carbocycles. The van der Waals surface area contributed by atoms with Crippen LogP contribution in [-0.2, 0) is 9.53 Å². The van der Waals surface area contributed by atoms with Crippen molar-refractivity contribution >= 4 is 5.97 Å². The van der Waals surface area contributed by atoms with E-state index < -0.39 is 0 Å². The number of hydrogen-bond donors (Lipinski definition) is 0. The molecule has 1 saturated heterocycles. The van der Waals surface area contributed by atoms with Crippen LogP contribution in [-0.4, -0.2) is 37.1 Å². The number of likely N-dealkylation sites (tertiary alicyclic amines) is 1. The highest BCUT2D eigenvalue weighted by Gasteiger charge is 2.33. The fraction of sp³-hybridized carbons (Fsp3) is 0.650. The second-order valence-corrected chi connectivity index (χ2v) is 7.23. The molecule has 0 radical (unpaired) electrons. The predicted molar refractivity (Wildman–Crippen MR) is 92.4 cm³/mol. The first-order valence-corrected chi connectivity index (χ1v) is 9.18. The Hall–Kier alpha value is -1.35. The lowest BCUT2D eigenvalue weighted by Gasteiger charge is -2.33. The molecular weight excluding hydrogens is 286 g/mol. The highest BCUT2D eigenvalue weighted by Crippen LogP contribution is 2.37. The lowest BCUT2D eigenvalue weighted by Crippen LogP contribution is -2.37. The van der Waals surface area contributed by atoms with E-state index in [-0.39, 0.29) is 18.0 Å². The van der Waals surface area contributed by atoms with Gasteiger partial charge in [-0.1, -0.05) is 49.6 Å². The maximum Gasteiger partial charge on any atom is 0.313 e. The number of rotatable bonds is 4. The van der Waals surface area contributed by atoms with Crippen molar-refractivity contribution in [1.29, 1.82) is 0 Å². The van der Waals surface area contributed by atoms with E-state index in [2.05, 4.69) is 24.1 Å². The Bertz CT molecular complexity index is 488. The van der Waals surface area contributed by atoms with Crippen molar-refractivity contribution in [2.45, 2.75) is 57.0 Å². The summed E-state index contributed by atoms with van der Waals surface area (Å²) in [7, 11) is 2.13. The molecule has 126 valence electrons. The Morgan fingerprint density at radius 3 is 2.35 bits per heavy atom. The molecular formula is C20H29NO2. The first-order valence-electron chi connectivity index (χ1n) is 9.18. The van der Waals surface area contributed by atoms with Crippen molar-refractivity contribution in [1.82, 2.24) is 4.90 Å². The SMILES string of the molecule is CN1CCC(OC(=O)[C@H](c2ccccc2)C2CCCCC2)CC1. The summed E-state index contributed by atoms with van der Waals surface area (Å²) >= 11 is 0. The molecule has 1 heterocycles. The summed E-state index contributed by atoms with van der Waals surface area (Å²) < 4.78 is 5.94. The van der Waals surface area contributed by atoms with E-state index in [0.29, 0.717) is 5.92 Å². The molecule has 2 fully saturated rings. The smallest absolute Gasteiger partial charge is 0.313 e. The standard InChI is InChI=1S/C20H29NO2/c1-21-14-12-18(13-15-21)23-20(22)19(16-8-4-2-5-9-16)17-10-6-3-7-11-17/h2,4-5,8-9,17-19H,3,6-7,10-15H2,1H3/t19-/m1/s1. The summed E-state index contributed by atoms with van der Waals surface area (Å²) in [4.78, 5) is 15.3. The van der Waals surface area contributed by atoms with Crippen LogP contribution in [0.1, 0.15) is 56.4 Å². The number of benzene rings is 1. The van der Waals surface area contributed by atoms with E-state index in [1.807, 2.05) is 18.2 Å². The molecule has 2 aliphatic rings. The Kier molecular flexibility index (Phi) is 5.71. The van der Waals surface area contributed by atoms with Crippen LogP contribution in [0.25, 0.3) is 0 Å². The molecule has 23 heavy (non-hydrogen) atoms. The lowest BCUT2D eigenvalue weighted by atomic mass is 9.77. The number of carbonyl (C=O) groups is 1. The first-order chi connectivity index (χ1) is 11.2. The monoisotopic (exact) mass is 315 g/mol. The van der Waals surface area contributed by atoms with Crippen LogP contribution in [0.15, 0.2) is 30.3 Å². The minimum atomic E-state index is -0.0730. The summed E-state index contributed by atoms with van der Waals surface area (Å²) in [5.41, 5.74) is 1.14. The summed E-state index contributed by atoms with van der Waals surface area (Å²) in [6, 6.07) is 10.3. The fourth-order valence-corrected chi connectivity index (χ4v) is 4.07. The Balaban J connectivity index is 1.70. The number of esters is 1. The third kappa shape index (κ3) is 4.35. The van der Waals surface area contributed by atoms with Gasteiger partial charge in [-0.25, -0.2) is 0 Å². The number of carbonyl (C=O) groups excluding carboxylic acids is 1. The van der Waals surface area contributed by atoms with Crippen LogP contribution in [0.5, 0.6) is 0 Å². The van der Waals surface area contributed by atoms with Gasteiger partial charge in [0.25, 0.3) is 0 Å². The van der Waals surface area contributed by atoms with Crippen molar-refractivity contribution in [3.05, 3.63) is 35.9 Å². The zero-order valence-corrected chi connectivity index (χ0v) is 14.2. The number of hydrogen-bond acceptors (Lipinski definition) is 3. The molecule has 1 aliphatic carbocycles. The average molecular weight is 315 g/mol. The highest BCUT2D eigenvalue weighted by molar-refractivity contribution is 5.78. The van der Waals surface area contributed by atoms with Crippen LogP contribution >= 0.6 is 0 Å². The molecule has 0 spiro atoms. The van der Waals surface area contributed by atoms with Gasteiger partial charge in [0.15, 0.2) is 0 Å². The molecule has 1 atom stereocenters. The molecule has 3 nitrogen and oxygen atoms in total. The fourth-order valence-electron chi connectivity index (χ4n) is 4.07. The maximum absolute atomic E-state index is 13.0. The number of piperidine rings is 1. The summed E-state index contributed by atoms with van der Waals surface area (Å²) in [6.07, 6.45) is 8.15. The van der Waals surface area contributed by atoms with Crippen molar-refractivity contribution in [2.75, 3.05) is 20.1 Å². The first kappa shape index (κ1) is 16.5. The topological polar surface area (TPSA) is 29.5 Å². The second-order valence-electron chi connectivity index (χ2n) is 7.23. The van der Waals surface area contributed by atoms with Gasteiger partial charge in [0.2, 0.25) is 0 Å². The van der Waals surface area contributed by atoms with E-state index in [0.717, 1.165) is 44.3 Å². The van der Waals surface area contributed by atoms with E-state index in [1.54, 1.807) is 0 Å². The molecule has 0 aromatic heterocycles. The number of ether oxygens (including phenoxy) is 1. The van der Waals surface area contributed by atoms with Crippen molar-refractivity contribution < 1.29 is 9.53 Å². The zero-order chi connectivity index (χ0) is 16.1.